The predicted octanol–water partition coefficient (Wildman–Crippen LogP) is 3.54. The van der Waals surface area contributed by atoms with Crippen LogP contribution in [0, 0.1) is 5.92 Å². The van der Waals surface area contributed by atoms with Crippen molar-refractivity contribution < 1.29 is 23.8 Å². The number of hydrogen-bond donors (Lipinski definition) is 1. The van der Waals surface area contributed by atoms with Crippen molar-refractivity contribution in [2.45, 2.75) is 19.8 Å². The van der Waals surface area contributed by atoms with Crippen LogP contribution >= 0.6 is 11.3 Å². The van der Waals surface area contributed by atoms with Crippen LogP contribution in [0.2, 0.25) is 0 Å². The Bertz CT molecular complexity index is 1160. The van der Waals surface area contributed by atoms with Gasteiger partial charge in [0, 0.05) is 25.1 Å². The normalized spacial score (nSPS) is 15.3. The van der Waals surface area contributed by atoms with Gasteiger partial charge in [-0.2, -0.15) is 0 Å². The van der Waals surface area contributed by atoms with Crippen LogP contribution in [-0.2, 0) is 16.0 Å². The largest absolute Gasteiger partial charge is 0.494 e. The number of aromatic nitrogens is 2. The van der Waals surface area contributed by atoms with E-state index in [2.05, 4.69) is 15.5 Å². The summed E-state index contributed by atoms with van der Waals surface area (Å²) in [5, 5.41) is 12.2. The number of methoxy groups -OCH3 is 2. The Balaban J connectivity index is 1.36. The Hall–Kier alpha value is -3.66. The molecule has 1 aliphatic rings. The molecule has 0 bridgehead atoms. The van der Waals surface area contributed by atoms with Crippen molar-refractivity contribution in [1.29, 1.82) is 0 Å². The SMILES string of the molecule is CCOc1ccc(N2C[C@@H](C(=O)Nc3nnc(Cc4ccc(OC)c(OC)c4)s3)CC2=O)cc1. The van der Waals surface area contributed by atoms with Gasteiger partial charge in [-0.15, -0.1) is 10.2 Å². The van der Waals surface area contributed by atoms with E-state index >= 15 is 0 Å². The molecule has 1 aromatic heterocycles. The van der Waals surface area contributed by atoms with E-state index in [-0.39, 0.29) is 18.2 Å². The highest BCUT2D eigenvalue weighted by Gasteiger charge is 2.35. The van der Waals surface area contributed by atoms with Crippen LogP contribution in [0.1, 0.15) is 23.9 Å². The molecule has 34 heavy (non-hydrogen) atoms. The third-order valence-corrected chi connectivity index (χ3v) is 6.29. The second kappa shape index (κ2) is 10.5. The molecule has 0 saturated carbocycles. The Kier molecular flexibility index (Phi) is 7.27. The predicted molar refractivity (Wildman–Crippen MR) is 129 cm³/mol. The van der Waals surface area contributed by atoms with Gasteiger partial charge in [-0.3, -0.25) is 9.59 Å². The molecule has 4 rings (SSSR count). The molecule has 1 saturated heterocycles. The Morgan fingerprint density at radius 2 is 1.88 bits per heavy atom. The Morgan fingerprint density at radius 3 is 2.59 bits per heavy atom. The molecule has 1 N–H and O–H groups in total. The Morgan fingerprint density at radius 1 is 1.12 bits per heavy atom. The lowest BCUT2D eigenvalue weighted by Crippen LogP contribution is -2.28. The lowest BCUT2D eigenvalue weighted by molar-refractivity contribution is -0.122. The minimum Gasteiger partial charge on any atom is -0.494 e. The molecule has 0 radical (unpaired) electrons. The van der Waals surface area contributed by atoms with Crippen molar-refractivity contribution in [3.63, 3.8) is 0 Å². The first-order valence-corrected chi connectivity index (χ1v) is 11.7. The fraction of sp³-hybridized carbons (Fsp3) is 0.333. The quantitative estimate of drug-likeness (QED) is 0.498. The van der Waals surface area contributed by atoms with Crippen LogP contribution in [-0.4, -0.2) is 49.4 Å². The zero-order valence-corrected chi connectivity index (χ0v) is 20.1. The summed E-state index contributed by atoms with van der Waals surface area (Å²) in [5.41, 5.74) is 1.73. The highest BCUT2D eigenvalue weighted by Crippen LogP contribution is 2.30. The summed E-state index contributed by atoms with van der Waals surface area (Å²) < 4.78 is 16.1. The van der Waals surface area contributed by atoms with Gasteiger partial charge in [-0.25, -0.2) is 0 Å². The summed E-state index contributed by atoms with van der Waals surface area (Å²) in [6.07, 6.45) is 0.692. The van der Waals surface area contributed by atoms with E-state index in [1.807, 2.05) is 49.4 Å². The van der Waals surface area contributed by atoms with E-state index in [9.17, 15) is 9.59 Å². The number of rotatable bonds is 9. The van der Waals surface area contributed by atoms with Gasteiger partial charge in [-0.1, -0.05) is 17.4 Å². The topological polar surface area (TPSA) is 103 Å². The summed E-state index contributed by atoms with van der Waals surface area (Å²) in [6, 6.07) is 13.0. The van der Waals surface area contributed by atoms with Gasteiger partial charge in [-0.05, 0) is 48.9 Å². The van der Waals surface area contributed by atoms with E-state index in [1.165, 1.54) is 11.3 Å². The number of carbonyl (C=O) groups is 2. The molecule has 10 heteroatoms. The third-order valence-electron chi connectivity index (χ3n) is 5.46. The number of anilines is 2. The van der Waals surface area contributed by atoms with E-state index < -0.39 is 5.92 Å². The second-order valence-electron chi connectivity index (χ2n) is 7.69. The molecule has 0 aliphatic carbocycles. The summed E-state index contributed by atoms with van der Waals surface area (Å²) in [7, 11) is 3.18. The molecule has 1 aliphatic heterocycles. The average Bonchev–Trinajstić information content (AvgIpc) is 3.45. The van der Waals surface area contributed by atoms with Gasteiger partial charge in [0.25, 0.3) is 0 Å². The lowest BCUT2D eigenvalue weighted by Gasteiger charge is -2.17. The highest BCUT2D eigenvalue weighted by molar-refractivity contribution is 7.15. The third kappa shape index (κ3) is 5.28. The molecule has 0 unspecified atom stereocenters. The molecule has 2 aromatic carbocycles. The van der Waals surface area contributed by atoms with Gasteiger partial charge >= 0.3 is 0 Å². The van der Waals surface area contributed by atoms with Gasteiger partial charge in [0.1, 0.15) is 10.8 Å². The van der Waals surface area contributed by atoms with Crippen molar-refractivity contribution in [3.8, 4) is 17.2 Å². The van der Waals surface area contributed by atoms with Crippen LogP contribution in [0.15, 0.2) is 42.5 Å². The molecule has 2 amide bonds. The minimum atomic E-state index is -0.461. The smallest absolute Gasteiger partial charge is 0.231 e. The second-order valence-corrected chi connectivity index (χ2v) is 8.75. The molecular weight excluding hydrogens is 456 g/mol. The summed E-state index contributed by atoms with van der Waals surface area (Å²) >= 11 is 1.30. The first-order chi connectivity index (χ1) is 16.5. The number of carbonyl (C=O) groups excluding carboxylic acids is 2. The fourth-order valence-electron chi connectivity index (χ4n) is 3.77. The van der Waals surface area contributed by atoms with Gasteiger partial charge in [0.2, 0.25) is 16.9 Å². The maximum atomic E-state index is 12.8. The maximum absolute atomic E-state index is 12.8. The molecule has 1 fully saturated rings. The van der Waals surface area contributed by atoms with E-state index in [0.29, 0.717) is 36.2 Å². The average molecular weight is 483 g/mol. The number of nitrogens with one attached hydrogen (secondary N) is 1. The molecule has 9 nitrogen and oxygen atoms in total. The number of nitrogens with zero attached hydrogens (tertiary/aromatic N) is 3. The van der Waals surface area contributed by atoms with E-state index in [0.717, 1.165) is 22.0 Å². The number of amides is 2. The number of hydrogen-bond acceptors (Lipinski definition) is 8. The maximum Gasteiger partial charge on any atom is 0.231 e. The Labute approximate surface area is 201 Å². The van der Waals surface area contributed by atoms with Crippen LogP contribution < -0.4 is 24.4 Å². The first kappa shape index (κ1) is 23.5. The summed E-state index contributed by atoms with van der Waals surface area (Å²) in [5.74, 6) is 1.25. The monoisotopic (exact) mass is 482 g/mol. The fourth-order valence-corrected chi connectivity index (χ4v) is 4.55. The zero-order chi connectivity index (χ0) is 24.1. The van der Waals surface area contributed by atoms with Gasteiger partial charge < -0.3 is 24.4 Å². The minimum absolute atomic E-state index is 0.0873. The molecule has 0 spiro atoms. The molecule has 2 heterocycles. The zero-order valence-electron chi connectivity index (χ0n) is 19.2. The van der Waals surface area contributed by atoms with Crippen LogP contribution in [0.25, 0.3) is 0 Å². The lowest BCUT2D eigenvalue weighted by atomic mass is 10.1. The van der Waals surface area contributed by atoms with Gasteiger partial charge in [0.15, 0.2) is 11.5 Å². The van der Waals surface area contributed by atoms with Crippen molar-refractivity contribution in [1.82, 2.24) is 10.2 Å². The van der Waals surface area contributed by atoms with Crippen molar-refractivity contribution in [2.24, 2.45) is 5.92 Å². The molecule has 1 atom stereocenters. The van der Waals surface area contributed by atoms with E-state index in [1.54, 1.807) is 19.1 Å². The molecule has 3 aromatic rings. The summed E-state index contributed by atoms with van der Waals surface area (Å²) in [6.45, 7) is 2.81. The van der Waals surface area contributed by atoms with Crippen LogP contribution in [0.4, 0.5) is 10.8 Å². The van der Waals surface area contributed by atoms with Crippen LogP contribution in [0.3, 0.4) is 0 Å². The van der Waals surface area contributed by atoms with Crippen LogP contribution in [0.5, 0.6) is 17.2 Å². The molecule has 178 valence electrons. The van der Waals surface area contributed by atoms with E-state index in [4.69, 9.17) is 14.2 Å². The van der Waals surface area contributed by atoms with Crippen molar-refractivity contribution in [2.75, 3.05) is 37.6 Å². The first-order valence-electron chi connectivity index (χ1n) is 10.9. The van der Waals surface area contributed by atoms with Gasteiger partial charge in [0.05, 0.1) is 26.7 Å². The molecular formula is C24H26N4O5S. The standard InChI is InChI=1S/C24H26N4O5S/c1-4-33-18-8-6-17(7-9-18)28-14-16(13-22(28)29)23(30)25-24-27-26-21(34-24)12-15-5-10-19(31-2)20(11-15)32-3/h5-11,16H,4,12-14H2,1-3H3,(H,25,27,30)/t16-/m0/s1. The highest BCUT2D eigenvalue weighted by atomic mass is 32.1. The number of ether oxygens (including phenoxy) is 3. The number of benzene rings is 2. The summed E-state index contributed by atoms with van der Waals surface area (Å²) in [4.78, 5) is 27.0. The van der Waals surface area contributed by atoms with Crippen molar-refractivity contribution in [3.05, 3.63) is 53.0 Å². The van der Waals surface area contributed by atoms with Crippen molar-refractivity contribution >= 4 is 34.0 Å².